The van der Waals surface area contributed by atoms with E-state index < -0.39 is 4.92 Å². The van der Waals surface area contributed by atoms with E-state index in [0.717, 1.165) is 0 Å². The molecule has 1 aromatic carbocycles. The van der Waals surface area contributed by atoms with Crippen molar-refractivity contribution in [2.45, 2.75) is 14.9 Å². The summed E-state index contributed by atoms with van der Waals surface area (Å²) in [7, 11) is 1.58. The molecule has 0 fully saturated rings. The molecule has 0 amide bonds. The first-order valence-electron chi connectivity index (χ1n) is 4.10. The van der Waals surface area contributed by atoms with E-state index in [1.807, 2.05) is 0 Å². The van der Waals surface area contributed by atoms with Crippen LogP contribution in [-0.2, 0) is 4.74 Å². The minimum Gasteiger partial charge on any atom is -0.491 e. The molecule has 5 heteroatoms. The molecular weight excluding hydrogens is 210 g/mol. The van der Waals surface area contributed by atoms with E-state index in [9.17, 15) is 10.1 Å². The lowest BCUT2D eigenvalue weighted by Gasteiger charge is -2.03. The number of ether oxygens (including phenoxy) is 2. The molecule has 0 saturated heterocycles. The Labute approximate surface area is 96.1 Å². The van der Waals surface area contributed by atoms with Crippen LogP contribution in [0, 0.1) is 10.1 Å². The molecule has 0 radical (unpaired) electrons. The molecule has 92 valence electrons. The van der Waals surface area contributed by atoms with Crippen molar-refractivity contribution in [2.24, 2.45) is 0 Å². The largest absolute Gasteiger partial charge is 0.491 e. The highest BCUT2D eigenvalue weighted by Gasteiger charge is 2.03. The van der Waals surface area contributed by atoms with Gasteiger partial charge in [-0.25, -0.2) is 0 Å². The first-order chi connectivity index (χ1) is 6.74. The van der Waals surface area contributed by atoms with E-state index in [0.29, 0.717) is 19.0 Å². The zero-order chi connectivity index (χ0) is 10.4. The Morgan fingerprint density at radius 1 is 1.19 bits per heavy atom. The van der Waals surface area contributed by atoms with Crippen LogP contribution < -0.4 is 4.74 Å². The van der Waals surface area contributed by atoms with Crippen LogP contribution in [0.2, 0.25) is 0 Å². The summed E-state index contributed by atoms with van der Waals surface area (Å²) in [6.07, 6.45) is 0. The van der Waals surface area contributed by atoms with Crippen molar-refractivity contribution in [2.75, 3.05) is 20.3 Å². The molecule has 0 aliphatic heterocycles. The highest BCUT2D eigenvalue weighted by molar-refractivity contribution is 5.35. The van der Waals surface area contributed by atoms with E-state index in [2.05, 4.69) is 0 Å². The lowest BCUT2D eigenvalue weighted by Crippen LogP contribution is -2.04. The molecular formula is C11H19NO4. The van der Waals surface area contributed by atoms with Crippen LogP contribution in [-0.4, -0.2) is 25.2 Å². The van der Waals surface area contributed by atoms with Crippen LogP contribution in [0.15, 0.2) is 24.3 Å². The second-order valence-electron chi connectivity index (χ2n) is 2.59. The number of nitro benzene ring substituents is 1. The van der Waals surface area contributed by atoms with Crippen molar-refractivity contribution in [3.05, 3.63) is 34.4 Å². The number of benzene rings is 1. The Hall–Kier alpha value is -1.62. The zero-order valence-corrected chi connectivity index (χ0v) is 7.80. The summed E-state index contributed by atoms with van der Waals surface area (Å²) < 4.78 is 10.0. The topological polar surface area (TPSA) is 61.6 Å². The Kier molecular flexibility index (Phi) is 9.10. The van der Waals surface area contributed by atoms with Gasteiger partial charge < -0.3 is 9.47 Å². The first kappa shape index (κ1) is 16.8. The predicted molar refractivity (Wildman–Crippen MR) is 63.9 cm³/mol. The molecule has 5 nitrogen and oxygen atoms in total. The fourth-order valence-corrected chi connectivity index (χ4v) is 0.907. The highest BCUT2D eigenvalue weighted by Crippen LogP contribution is 2.16. The van der Waals surface area contributed by atoms with E-state index in [1.165, 1.54) is 12.1 Å². The molecule has 0 bridgehead atoms. The fourth-order valence-electron chi connectivity index (χ4n) is 0.907. The smallest absolute Gasteiger partial charge is 0.269 e. The van der Waals surface area contributed by atoms with Gasteiger partial charge in [0, 0.05) is 19.2 Å². The number of methoxy groups -OCH3 is 1. The van der Waals surface area contributed by atoms with E-state index in [1.54, 1.807) is 19.2 Å². The Morgan fingerprint density at radius 3 is 2.19 bits per heavy atom. The molecule has 0 aromatic heterocycles. The Bertz CT molecular complexity index is 297. The summed E-state index contributed by atoms with van der Waals surface area (Å²) in [5.41, 5.74) is 0.0593. The van der Waals surface area contributed by atoms with Gasteiger partial charge in [-0.1, -0.05) is 14.9 Å². The molecule has 0 heterocycles. The molecule has 16 heavy (non-hydrogen) atoms. The van der Waals surface area contributed by atoms with Gasteiger partial charge in [-0.05, 0) is 12.1 Å². The van der Waals surface area contributed by atoms with E-state index in [4.69, 9.17) is 9.47 Å². The zero-order valence-electron chi connectivity index (χ0n) is 7.80. The average Bonchev–Trinajstić information content (AvgIpc) is 2.19. The van der Waals surface area contributed by atoms with Crippen molar-refractivity contribution in [1.82, 2.24) is 0 Å². The second-order valence-corrected chi connectivity index (χ2v) is 2.59. The molecule has 0 atom stereocenters. The number of nitrogens with zero attached hydrogens (tertiary/aromatic N) is 1. The minimum atomic E-state index is -0.446. The first-order valence-corrected chi connectivity index (χ1v) is 4.10. The average molecular weight is 229 g/mol. The maximum absolute atomic E-state index is 10.3. The molecule has 1 aromatic rings. The monoisotopic (exact) mass is 229 g/mol. The van der Waals surface area contributed by atoms with Gasteiger partial charge in [0.2, 0.25) is 0 Å². The van der Waals surface area contributed by atoms with Gasteiger partial charge in [-0.3, -0.25) is 10.1 Å². The molecule has 1 rings (SSSR count). The molecule has 0 aliphatic carbocycles. The van der Waals surface area contributed by atoms with Gasteiger partial charge in [0.05, 0.1) is 11.5 Å². The van der Waals surface area contributed by atoms with Crippen LogP contribution in [0.4, 0.5) is 5.69 Å². The van der Waals surface area contributed by atoms with Crippen molar-refractivity contribution >= 4 is 5.69 Å². The normalized spacial score (nSPS) is 8.56. The maximum Gasteiger partial charge on any atom is 0.269 e. The summed E-state index contributed by atoms with van der Waals surface area (Å²) in [6.45, 7) is 0.936. The number of hydrogen-bond acceptors (Lipinski definition) is 4. The van der Waals surface area contributed by atoms with Gasteiger partial charge >= 0.3 is 0 Å². The summed E-state index contributed by atoms with van der Waals surface area (Å²) in [6, 6.07) is 5.94. The van der Waals surface area contributed by atoms with Crippen LogP contribution in [0.25, 0.3) is 0 Å². The van der Waals surface area contributed by atoms with Crippen molar-refractivity contribution in [3.8, 4) is 5.75 Å². The summed E-state index contributed by atoms with van der Waals surface area (Å²) in [4.78, 5) is 9.87. The van der Waals surface area contributed by atoms with Crippen LogP contribution >= 0.6 is 0 Å². The number of non-ortho nitro benzene ring substituents is 1. The number of nitro groups is 1. The lowest BCUT2D eigenvalue weighted by atomic mass is 10.3. The van der Waals surface area contributed by atoms with Gasteiger partial charge in [0.1, 0.15) is 12.4 Å². The fraction of sp³-hybridized carbons (Fsp3) is 0.455. The Morgan fingerprint density at radius 2 is 1.75 bits per heavy atom. The van der Waals surface area contributed by atoms with Crippen LogP contribution in [0.5, 0.6) is 5.75 Å². The highest BCUT2D eigenvalue weighted by atomic mass is 16.6. The van der Waals surface area contributed by atoms with Crippen LogP contribution in [0.1, 0.15) is 14.9 Å². The van der Waals surface area contributed by atoms with Crippen LogP contribution in [0.3, 0.4) is 0 Å². The van der Waals surface area contributed by atoms with Crippen molar-refractivity contribution in [1.29, 1.82) is 0 Å². The predicted octanol–water partition coefficient (Wildman–Crippen LogP) is 2.89. The van der Waals surface area contributed by atoms with Gasteiger partial charge in [0.15, 0.2) is 0 Å². The maximum atomic E-state index is 10.3. The third kappa shape index (κ3) is 5.31. The minimum absolute atomic E-state index is 0. The molecule has 0 spiro atoms. The van der Waals surface area contributed by atoms with Crippen molar-refractivity contribution in [3.63, 3.8) is 0 Å². The third-order valence-corrected chi connectivity index (χ3v) is 1.60. The number of rotatable bonds is 5. The molecule has 0 N–H and O–H groups in total. The molecule has 0 saturated carbocycles. The number of hydrogen-bond donors (Lipinski definition) is 0. The summed E-state index contributed by atoms with van der Waals surface area (Å²) >= 11 is 0. The Balaban J connectivity index is 0. The molecule has 0 unspecified atom stereocenters. The van der Waals surface area contributed by atoms with Gasteiger partial charge in [-0.15, -0.1) is 0 Å². The lowest BCUT2D eigenvalue weighted by molar-refractivity contribution is -0.384. The van der Waals surface area contributed by atoms with Gasteiger partial charge in [0.25, 0.3) is 5.69 Å². The van der Waals surface area contributed by atoms with Crippen molar-refractivity contribution < 1.29 is 14.4 Å². The van der Waals surface area contributed by atoms with E-state index >= 15 is 0 Å². The molecule has 0 aliphatic rings. The quantitative estimate of drug-likeness (QED) is 0.442. The van der Waals surface area contributed by atoms with Gasteiger partial charge in [-0.2, -0.15) is 0 Å². The summed E-state index contributed by atoms with van der Waals surface area (Å²) in [5.74, 6) is 0.604. The van der Waals surface area contributed by atoms with E-state index in [-0.39, 0.29) is 20.5 Å². The SMILES string of the molecule is C.C.COCCOc1ccc([N+](=O)[O-])cc1. The second kappa shape index (κ2) is 8.67. The summed E-state index contributed by atoms with van der Waals surface area (Å²) in [5, 5.41) is 10.3. The standard InChI is InChI=1S/C9H11NO4.2CH4/c1-13-6-7-14-9-4-2-8(3-5-9)10(11)12;;/h2-5H,6-7H2,1H3;2*1H4. The third-order valence-electron chi connectivity index (χ3n) is 1.60.